The average molecular weight is 226 g/mol. The predicted molar refractivity (Wildman–Crippen MR) is 65.4 cm³/mol. The van der Waals surface area contributed by atoms with Crippen LogP contribution in [0.2, 0.25) is 0 Å². The van der Waals surface area contributed by atoms with Crippen LogP contribution in [0.25, 0.3) is 0 Å². The van der Waals surface area contributed by atoms with Crippen LogP contribution in [-0.2, 0) is 0 Å². The Balaban J connectivity index is 2.05. The normalized spacial score (nSPS) is 17.4. The first-order valence-electron chi connectivity index (χ1n) is 5.47. The van der Waals surface area contributed by atoms with Crippen LogP contribution >= 0.6 is 0 Å². The lowest BCUT2D eigenvalue weighted by Crippen LogP contribution is -2.22. The molecule has 2 aromatic rings. The molecule has 2 aromatic carbocycles. The summed E-state index contributed by atoms with van der Waals surface area (Å²) in [5.74, 6) is -0.221. The molecule has 1 aliphatic rings. The summed E-state index contributed by atoms with van der Waals surface area (Å²) in [5.41, 5.74) is 6.33. The molecule has 0 saturated heterocycles. The molecule has 0 bridgehead atoms. The molecule has 0 aromatic heterocycles. The number of rotatable bonds is 1. The predicted octanol–water partition coefficient (Wildman–Crippen LogP) is 2.85. The maximum Gasteiger partial charge on any atom is 0.123 e. The highest BCUT2D eigenvalue weighted by Crippen LogP contribution is 2.26. The van der Waals surface area contributed by atoms with Crippen molar-refractivity contribution in [3.8, 4) is 0 Å². The number of benzene rings is 2. The third-order valence-electron chi connectivity index (χ3n) is 2.92. The summed E-state index contributed by atoms with van der Waals surface area (Å²) in [4.78, 5) is 0. The van der Waals surface area contributed by atoms with Crippen molar-refractivity contribution < 1.29 is 4.39 Å². The molecule has 0 amide bonds. The molecule has 2 nitrogen and oxygen atoms in total. The van der Waals surface area contributed by atoms with Crippen molar-refractivity contribution in [2.45, 2.75) is 6.04 Å². The molecule has 1 atom stereocenters. The summed E-state index contributed by atoms with van der Waals surface area (Å²) in [6.45, 7) is 0. The summed E-state index contributed by atoms with van der Waals surface area (Å²) in [7, 11) is 0. The van der Waals surface area contributed by atoms with Crippen LogP contribution in [0, 0.1) is 5.82 Å². The van der Waals surface area contributed by atoms with E-state index in [-0.39, 0.29) is 11.9 Å². The standard InChI is InChI=1S/C14H11FN2/c15-12-7-5-10(6-8-12)14-13-4-2-1-3-11(13)9-16-17-14/h1-9,14,17H. The lowest BCUT2D eigenvalue weighted by Gasteiger charge is -2.22. The largest absolute Gasteiger partial charge is 0.298 e. The molecule has 1 aliphatic heterocycles. The summed E-state index contributed by atoms with van der Waals surface area (Å²) in [6.07, 6.45) is 1.80. The topological polar surface area (TPSA) is 24.4 Å². The maximum atomic E-state index is 12.9. The summed E-state index contributed by atoms with van der Waals surface area (Å²) >= 11 is 0. The smallest absolute Gasteiger partial charge is 0.123 e. The molecule has 0 saturated carbocycles. The van der Waals surface area contributed by atoms with Gasteiger partial charge >= 0.3 is 0 Å². The van der Waals surface area contributed by atoms with Crippen molar-refractivity contribution in [3.63, 3.8) is 0 Å². The van der Waals surface area contributed by atoms with Crippen molar-refractivity contribution in [3.05, 3.63) is 71.0 Å². The Morgan fingerprint density at radius 2 is 1.76 bits per heavy atom. The highest BCUT2D eigenvalue weighted by molar-refractivity contribution is 5.83. The number of hydrogen-bond donors (Lipinski definition) is 1. The van der Waals surface area contributed by atoms with Crippen molar-refractivity contribution in [1.82, 2.24) is 5.43 Å². The molecule has 1 N–H and O–H groups in total. The lowest BCUT2D eigenvalue weighted by molar-refractivity contribution is 0.613. The number of nitrogens with zero attached hydrogens (tertiary/aromatic N) is 1. The number of halogens is 1. The fourth-order valence-electron chi connectivity index (χ4n) is 2.05. The Morgan fingerprint density at radius 1 is 1.00 bits per heavy atom. The van der Waals surface area contributed by atoms with E-state index in [4.69, 9.17) is 0 Å². The van der Waals surface area contributed by atoms with Crippen LogP contribution in [0.3, 0.4) is 0 Å². The second-order valence-electron chi connectivity index (χ2n) is 4.00. The maximum absolute atomic E-state index is 12.9. The first-order valence-corrected chi connectivity index (χ1v) is 5.47. The van der Waals surface area contributed by atoms with E-state index < -0.39 is 0 Å². The second-order valence-corrected chi connectivity index (χ2v) is 4.00. The van der Waals surface area contributed by atoms with Gasteiger partial charge in [-0.05, 0) is 23.3 Å². The molecule has 1 unspecified atom stereocenters. The van der Waals surface area contributed by atoms with Gasteiger partial charge in [-0.25, -0.2) is 4.39 Å². The van der Waals surface area contributed by atoms with Gasteiger partial charge in [0.1, 0.15) is 5.82 Å². The SMILES string of the molecule is Fc1ccc(C2NN=Cc3ccccc32)cc1. The van der Waals surface area contributed by atoms with E-state index >= 15 is 0 Å². The zero-order chi connectivity index (χ0) is 11.7. The van der Waals surface area contributed by atoms with E-state index in [9.17, 15) is 4.39 Å². The third kappa shape index (κ3) is 1.80. The van der Waals surface area contributed by atoms with Crippen molar-refractivity contribution >= 4 is 6.21 Å². The Kier molecular flexibility index (Phi) is 2.37. The monoisotopic (exact) mass is 226 g/mol. The van der Waals surface area contributed by atoms with Crippen LogP contribution in [0.5, 0.6) is 0 Å². The quantitative estimate of drug-likeness (QED) is 0.794. The van der Waals surface area contributed by atoms with Gasteiger partial charge in [-0.3, -0.25) is 5.43 Å². The highest BCUT2D eigenvalue weighted by Gasteiger charge is 2.18. The lowest BCUT2D eigenvalue weighted by atomic mass is 9.94. The van der Waals surface area contributed by atoms with Crippen LogP contribution in [0.4, 0.5) is 4.39 Å². The molecule has 3 rings (SSSR count). The average Bonchev–Trinajstić information content (AvgIpc) is 2.39. The molecule has 0 radical (unpaired) electrons. The summed E-state index contributed by atoms with van der Waals surface area (Å²) < 4.78 is 12.9. The first-order chi connectivity index (χ1) is 8.34. The molecule has 0 fully saturated rings. The Hall–Kier alpha value is -2.16. The van der Waals surface area contributed by atoms with E-state index in [0.717, 1.165) is 16.7 Å². The zero-order valence-corrected chi connectivity index (χ0v) is 9.10. The van der Waals surface area contributed by atoms with Gasteiger partial charge in [-0.1, -0.05) is 36.4 Å². The Morgan fingerprint density at radius 3 is 2.59 bits per heavy atom. The third-order valence-corrected chi connectivity index (χ3v) is 2.92. The minimum Gasteiger partial charge on any atom is -0.298 e. The van der Waals surface area contributed by atoms with Gasteiger partial charge in [-0.2, -0.15) is 5.10 Å². The van der Waals surface area contributed by atoms with Crippen LogP contribution in [0.15, 0.2) is 53.6 Å². The van der Waals surface area contributed by atoms with E-state index in [1.807, 2.05) is 18.2 Å². The van der Waals surface area contributed by atoms with Gasteiger partial charge in [0.2, 0.25) is 0 Å². The van der Waals surface area contributed by atoms with E-state index in [1.165, 1.54) is 12.1 Å². The molecule has 0 aliphatic carbocycles. The summed E-state index contributed by atoms with van der Waals surface area (Å²) in [5, 5.41) is 4.13. The molecule has 0 spiro atoms. The first kappa shape index (κ1) is 10.0. The highest BCUT2D eigenvalue weighted by atomic mass is 19.1. The minimum absolute atomic E-state index is 0.00296. The van der Waals surface area contributed by atoms with E-state index in [1.54, 1.807) is 18.3 Å². The molecule has 17 heavy (non-hydrogen) atoms. The number of hydrogen-bond acceptors (Lipinski definition) is 2. The van der Waals surface area contributed by atoms with Gasteiger partial charge in [0.15, 0.2) is 0 Å². The van der Waals surface area contributed by atoms with Gasteiger partial charge in [0.05, 0.1) is 12.3 Å². The molecule has 3 heteroatoms. The Labute approximate surface area is 98.8 Å². The molecular formula is C14H11FN2. The van der Waals surface area contributed by atoms with Crippen molar-refractivity contribution in [1.29, 1.82) is 0 Å². The van der Waals surface area contributed by atoms with Gasteiger partial charge < -0.3 is 0 Å². The second kappa shape index (κ2) is 4.01. The van der Waals surface area contributed by atoms with Crippen LogP contribution in [-0.4, -0.2) is 6.21 Å². The molecular weight excluding hydrogens is 215 g/mol. The van der Waals surface area contributed by atoms with Gasteiger partial charge in [0.25, 0.3) is 0 Å². The number of nitrogens with one attached hydrogen (secondary N) is 1. The number of fused-ring (bicyclic) bond motifs is 1. The summed E-state index contributed by atoms with van der Waals surface area (Å²) in [6, 6.07) is 14.6. The fourth-order valence-corrected chi connectivity index (χ4v) is 2.05. The van der Waals surface area contributed by atoms with Crippen LogP contribution in [0.1, 0.15) is 22.7 Å². The number of hydrazone groups is 1. The van der Waals surface area contributed by atoms with E-state index in [0.29, 0.717) is 0 Å². The molecule has 1 heterocycles. The van der Waals surface area contributed by atoms with Gasteiger partial charge in [-0.15, -0.1) is 0 Å². The Bertz CT molecular complexity index is 561. The minimum atomic E-state index is -0.221. The zero-order valence-electron chi connectivity index (χ0n) is 9.10. The van der Waals surface area contributed by atoms with Crippen LogP contribution < -0.4 is 5.43 Å². The molecule has 84 valence electrons. The fraction of sp³-hybridized carbons (Fsp3) is 0.0714. The van der Waals surface area contributed by atoms with E-state index in [2.05, 4.69) is 16.6 Å². The van der Waals surface area contributed by atoms with Crippen molar-refractivity contribution in [2.24, 2.45) is 5.10 Å². The van der Waals surface area contributed by atoms with Crippen molar-refractivity contribution in [2.75, 3.05) is 0 Å². The van der Waals surface area contributed by atoms with Gasteiger partial charge in [0, 0.05) is 5.56 Å².